The maximum atomic E-state index is 5.02. The lowest BCUT2D eigenvalue weighted by atomic mass is 9.83. The first-order valence-corrected chi connectivity index (χ1v) is 10.9. The molecule has 3 nitrogen and oxygen atoms in total. The molecule has 0 atom stereocenters. The molecule has 2 aromatic carbocycles. The van der Waals surface area contributed by atoms with Crippen LogP contribution < -0.4 is 4.80 Å². The van der Waals surface area contributed by atoms with Gasteiger partial charge >= 0.3 is 0 Å². The average Bonchev–Trinajstić information content (AvgIpc) is 3.12. The fraction of sp³-hybridized carbons (Fsp3) is 0.273. The fourth-order valence-corrected chi connectivity index (χ4v) is 4.93. The van der Waals surface area contributed by atoms with Crippen LogP contribution in [0.5, 0.6) is 0 Å². The minimum atomic E-state index is 0.649. The van der Waals surface area contributed by atoms with Crippen molar-refractivity contribution in [2.24, 2.45) is 10.1 Å². The molecule has 138 valence electrons. The quantitative estimate of drug-likeness (QED) is 0.473. The summed E-state index contributed by atoms with van der Waals surface area (Å²) in [6, 6.07) is 19.1. The van der Waals surface area contributed by atoms with E-state index in [0.717, 1.165) is 46.2 Å². The maximum absolute atomic E-state index is 5.02. The van der Waals surface area contributed by atoms with Crippen LogP contribution in [-0.2, 0) is 0 Å². The monoisotopic (exact) mass is 439 g/mol. The Kier molecular flexibility index (Phi) is 5.69. The summed E-state index contributed by atoms with van der Waals surface area (Å²) in [6.07, 6.45) is 4.41. The van der Waals surface area contributed by atoms with Gasteiger partial charge in [0, 0.05) is 28.2 Å². The summed E-state index contributed by atoms with van der Waals surface area (Å²) >= 11 is 5.30. The van der Waals surface area contributed by atoms with Crippen molar-refractivity contribution in [2.75, 3.05) is 7.05 Å². The summed E-state index contributed by atoms with van der Waals surface area (Å²) in [5, 5.41) is 7.16. The van der Waals surface area contributed by atoms with Gasteiger partial charge < -0.3 is 0 Å². The van der Waals surface area contributed by atoms with Gasteiger partial charge in [0.15, 0.2) is 0 Å². The molecule has 1 fully saturated rings. The van der Waals surface area contributed by atoms with E-state index in [1.54, 1.807) is 11.3 Å². The molecule has 0 saturated heterocycles. The number of thiazole rings is 1. The highest BCUT2D eigenvalue weighted by atomic mass is 79.9. The molecule has 1 saturated carbocycles. The van der Waals surface area contributed by atoms with E-state index in [0.29, 0.717) is 5.92 Å². The van der Waals surface area contributed by atoms with Crippen molar-refractivity contribution < 1.29 is 0 Å². The van der Waals surface area contributed by atoms with Crippen LogP contribution in [0.15, 0.2) is 74.5 Å². The number of aromatic nitrogens is 1. The normalized spacial score (nSPS) is 17.9. The molecule has 1 aliphatic carbocycles. The van der Waals surface area contributed by atoms with E-state index >= 15 is 0 Å². The Bertz CT molecular complexity index is 1010. The van der Waals surface area contributed by atoms with Gasteiger partial charge in [-0.25, -0.2) is 4.68 Å². The number of halogens is 1. The lowest BCUT2D eigenvalue weighted by molar-refractivity contribution is 0.562. The van der Waals surface area contributed by atoms with Crippen molar-refractivity contribution >= 4 is 33.0 Å². The molecule has 0 spiro atoms. The summed E-state index contributed by atoms with van der Waals surface area (Å²) in [7, 11) is 1.83. The molecule has 0 bridgehead atoms. The first-order valence-electron chi connectivity index (χ1n) is 9.26. The van der Waals surface area contributed by atoms with Crippen LogP contribution in [0.25, 0.3) is 11.3 Å². The molecule has 5 heteroatoms. The summed E-state index contributed by atoms with van der Waals surface area (Å²) in [6.45, 7) is 0. The Balaban J connectivity index is 1.62. The van der Waals surface area contributed by atoms with Crippen molar-refractivity contribution in [3.05, 3.63) is 74.8 Å². The van der Waals surface area contributed by atoms with Crippen molar-refractivity contribution in [3.63, 3.8) is 0 Å². The second kappa shape index (κ2) is 8.36. The van der Waals surface area contributed by atoms with E-state index in [9.17, 15) is 0 Å². The van der Waals surface area contributed by atoms with Crippen LogP contribution in [-0.4, -0.2) is 17.4 Å². The highest BCUT2D eigenvalue weighted by molar-refractivity contribution is 9.10. The van der Waals surface area contributed by atoms with Crippen LogP contribution in [0.1, 0.15) is 37.2 Å². The van der Waals surface area contributed by atoms with Gasteiger partial charge in [0.2, 0.25) is 4.80 Å². The lowest BCUT2D eigenvalue weighted by Crippen LogP contribution is -2.18. The SMILES string of the molecule is CN=c1scc(-c2ccccc2Br)n1N=C1CCC(c2ccccc2)CC1. The summed E-state index contributed by atoms with van der Waals surface area (Å²) < 4.78 is 3.09. The van der Waals surface area contributed by atoms with Gasteiger partial charge in [0.1, 0.15) is 0 Å². The smallest absolute Gasteiger partial charge is 0.205 e. The lowest BCUT2D eigenvalue weighted by Gasteiger charge is -2.23. The van der Waals surface area contributed by atoms with E-state index in [1.807, 2.05) is 17.8 Å². The van der Waals surface area contributed by atoms with E-state index < -0.39 is 0 Å². The second-order valence-electron chi connectivity index (χ2n) is 6.77. The minimum absolute atomic E-state index is 0.649. The van der Waals surface area contributed by atoms with Gasteiger partial charge in [-0.2, -0.15) is 5.10 Å². The molecule has 0 radical (unpaired) electrons. The van der Waals surface area contributed by atoms with Crippen LogP contribution in [0.2, 0.25) is 0 Å². The summed E-state index contributed by atoms with van der Waals surface area (Å²) in [5.74, 6) is 0.649. The van der Waals surface area contributed by atoms with Crippen molar-refractivity contribution in [1.29, 1.82) is 0 Å². The second-order valence-corrected chi connectivity index (χ2v) is 8.46. The molecule has 0 amide bonds. The Labute approximate surface area is 172 Å². The van der Waals surface area contributed by atoms with Crippen LogP contribution >= 0.6 is 27.3 Å². The highest BCUT2D eigenvalue weighted by Gasteiger charge is 2.20. The average molecular weight is 440 g/mol. The molecule has 0 aliphatic heterocycles. The maximum Gasteiger partial charge on any atom is 0.205 e. The van der Waals surface area contributed by atoms with Crippen molar-refractivity contribution in [3.8, 4) is 11.3 Å². The molecule has 1 aromatic heterocycles. The van der Waals surface area contributed by atoms with Gasteiger partial charge in [-0.1, -0.05) is 64.5 Å². The van der Waals surface area contributed by atoms with E-state index in [1.165, 1.54) is 11.3 Å². The Morgan fingerprint density at radius 3 is 2.41 bits per heavy atom. The predicted octanol–water partition coefficient (Wildman–Crippen LogP) is 6.07. The molecular formula is C22H22BrN3S. The van der Waals surface area contributed by atoms with Crippen LogP contribution in [0, 0.1) is 0 Å². The molecular weight excluding hydrogens is 418 g/mol. The predicted molar refractivity (Wildman–Crippen MR) is 117 cm³/mol. The van der Waals surface area contributed by atoms with Crippen LogP contribution in [0.4, 0.5) is 0 Å². The highest BCUT2D eigenvalue weighted by Crippen LogP contribution is 2.32. The van der Waals surface area contributed by atoms with E-state index in [2.05, 4.69) is 74.8 Å². The largest absolute Gasteiger partial charge is 0.261 e. The number of hydrogen-bond donors (Lipinski definition) is 0. The number of benzene rings is 2. The fourth-order valence-electron chi connectivity index (χ4n) is 3.65. The van der Waals surface area contributed by atoms with E-state index in [-0.39, 0.29) is 0 Å². The van der Waals surface area contributed by atoms with Crippen LogP contribution in [0.3, 0.4) is 0 Å². The standard InChI is InChI=1S/C22H22BrN3S/c1-24-22-26(21(15-27-22)19-9-5-6-10-20(19)23)25-18-13-11-17(12-14-18)16-7-3-2-4-8-16/h2-10,15,17H,11-14H2,1H3. The molecule has 1 aliphatic rings. The number of rotatable bonds is 3. The molecule has 0 N–H and O–H groups in total. The first-order chi connectivity index (χ1) is 13.3. The Hall–Kier alpha value is -1.98. The minimum Gasteiger partial charge on any atom is -0.261 e. The zero-order chi connectivity index (χ0) is 18.6. The molecule has 27 heavy (non-hydrogen) atoms. The topological polar surface area (TPSA) is 29.6 Å². The molecule has 3 aromatic rings. The van der Waals surface area contributed by atoms with E-state index in [4.69, 9.17) is 5.10 Å². The molecule has 4 rings (SSSR count). The third kappa shape index (κ3) is 3.99. The summed E-state index contributed by atoms with van der Waals surface area (Å²) in [4.78, 5) is 5.36. The van der Waals surface area contributed by atoms with Gasteiger partial charge in [-0.3, -0.25) is 4.99 Å². The van der Waals surface area contributed by atoms with Gasteiger partial charge in [0.05, 0.1) is 5.69 Å². The Morgan fingerprint density at radius 1 is 1.00 bits per heavy atom. The van der Waals surface area contributed by atoms with Crippen molar-refractivity contribution in [2.45, 2.75) is 31.6 Å². The third-order valence-electron chi connectivity index (χ3n) is 5.10. The van der Waals surface area contributed by atoms with Crippen molar-refractivity contribution in [1.82, 2.24) is 4.68 Å². The zero-order valence-electron chi connectivity index (χ0n) is 15.3. The number of hydrogen-bond acceptors (Lipinski definition) is 3. The zero-order valence-corrected chi connectivity index (χ0v) is 17.7. The van der Waals surface area contributed by atoms with Gasteiger partial charge in [-0.15, -0.1) is 11.3 Å². The first kappa shape index (κ1) is 18.4. The summed E-state index contributed by atoms with van der Waals surface area (Å²) in [5.41, 5.74) is 4.96. The molecule has 1 heterocycles. The van der Waals surface area contributed by atoms with Gasteiger partial charge in [-0.05, 0) is 43.2 Å². The molecule has 0 unspecified atom stereocenters. The van der Waals surface area contributed by atoms with Gasteiger partial charge in [0.25, 0.3) is 0 Å². The Morgan fingerprint density at radius 2 is 1.70 bits per heavy atom. The third-order valence-corrected chi connectivity index (χ3v) is 6.70. The number of nitrogens with zero attached hydrogens (tertiary/aromatic N) is 3.